The number of benzene rings is 2. The molecule has 2 aromatic carbocycles. The van der Waals surface area contributed by atoms with Crippen LogP contribution in [0.15, 0.2) is 65.6 Å². The summed E-state index contributed by atoms with van der Waals surface area (Å²) in [6.07, 6.45) is 1.74. The van der Waals surface area contributed by atoms with Gasteiger partial charge in [0, 0.05) is 17.0 Å². The molecule has 0 aliphatic carbocycles. The maximum atomic E-state index is 12.2. The molecule has 0 aliphatic heterocycles. The van der Waals surface area contributed by atoms with E-state index >= 15 is 0 Å². The molecule has 4 rings (SSSR count). The van der Waals surface area contributed by atoms with E-state index in [2.05, 4.69) is 35.1 Å². The summed E-state index contributed by atoms with van der Waals surface area (Å²) in [5.41, 5.74) is 3.95. The lowest BCUT2D eigenvalue weighted by atomic mass is 9.98. The van der Waals surface area contributed by atoms with Gasteiger partial charge < -0.3 is 4.98 Å². The molecule has 0 saturated heterocycles. The third kappa shape index (κ3) is 1.91. The fourth-order valence-electron chi connectivity index (χ4n) is 2.96. The summed E-state index contributed by atoms with van der Waals surface area (Å²) in [6, 6.07) is 18.0. The van der Waals surface area contributed by atoms with Crippen molar-refractivity contribution in [3.63, 3.8) is 0 Å². The van der Waals surface area contributed by atoms with E-state index in [1.165, 1.54) is 5.56 Å². The van der Waals surface area contributed by atoms with Crippen LogP contribution in [0.2, 0.25) is 0 Å². The first kappa shape index (κ1) is 12.8. The van der Waals surface area contributed by atoms with E-state index in [4.69, 9.17) is 0 Å². The minimum absolute atomic E-state index is 0.100. The van der Waals surface area contributed by atoms with Gasteiger partial charge in [0.05, 0.1) is 0 Å². The van der Waals surface area contributed by atoms with Crippen molar-refractivity contribution in [3.05, 3.63) is 76.7 Å². The van der Waals surface area contributed by atoms with Gasteiger partial charge in [0.2, 0.25) is 0 Å². The van der Waals surface area contributed by atoms with E-state index in [9.17, 15) is 4.79 Å². The molecule has 3 heteroatoms. The Morgan fingerprint density at radius 3 is 2.59 bits per heavy atom. The van der Waals surface area contributed by atoms with Crippen LogP contribution in [0.4, 0.5) is 0 Å². The molecule has 0 aliphatic rings. The Morgan fingerprint density at radius 1 is 0.955 bits per heavy atom. The van der Waals surface area contributed by atoms with Crippen LogP contribution >= 0.6 is 0 Å². The molecule has 4 aromatic rings. The summed E-state index contributed by atoms with van der Waals surface area (Å²) < 4.78 is 0. The Labute approximate surface area is 127 Å². The zero-order valence-corrected chi connectivity index (χ0v) is 12.1. The summed E-state index contributed by atoms with van der Waals surface area (Å²) >= 11 is 0. The molecule has 0 fully saturated rings. The highest BCUT2D eigenvalue weighted by atomic mass is 16.1. The van der Waals surface area contributed by atoms with Crippen LogP contribution in [0.3, 0.4) is 0 Å². The average Bonchev–Trinajstić information content (AvgIpc) is 2.54. The van der Waals surface area contributed by atoms with Crippen LogP contribution in [0.25, 0.3) is 32.9 Å². The number of aromatic amines is 1. The van der Waals surface area contributed by atoms with Crippen LogP contribution in [0.5, 0.6) is 0 Å². The molecule has 0 radical (unpaired) electrons. The van der Waals surface area contributed by atoms with Crippen LogP contribution in [0.1, 0.15) is 5.56 Å². The molecular weight excluding hydrogens is 272 g/mol. The highest BCUT2D eigenvalue weighted by Gasteiger charge is 2.11. The van der Waals surface area contributed by atoms with Crippen molar-refractivity contribution in [2.75, 3.05) is 0 Å². The predicted molar refractivity (Wildman–Crippen MR) is 90.0 cm³/mol. The van der Waals surface area contributed by atoms with Crippen molar-refractivity contribution in [1.29, 1.82) is 0 Å². The van der Waals surface area contributed by atoms with Gasteiger partial charge >= 0.3 is 0 Å². The fraction of sp³-hybridized carbons (Fsp3) is 0.0526. The second-order valence-electron chi connectivity index (χ2n) is 5.45. The van der Waals surface area contributed by atoms with E-state index < -0.39 is 0 Å². The number of H-pyrrole nitrogens is 1. The minimum Gasteiger partial charge on any atom is -0.306 e. The lowest BCUT2D eigenvalue weighted by molar-refractivity contribution is 1.25. The van der Waals surface area contributed by atoms with Gasteiger partial charge in [-0.2, -0.15) is 0 Å². The quantitative estimate of drug-likeness (QED) is 0.536. The van der Waals surface area contributed by atoms with Crippen LogP contribution < -0.4 is 5.56 Å². The first-order valence-corrected chi connectivity index (χ1v) is 7.21. The largest absolute Gasteiger partial charge is 0.306 e. The van der Waals surface area contributed by atoms with E-state index in [1.807, 2.05) is 36.4 Å². The Balaban J connectivity index is 2.21. The number of nitrogens with one attached hydrogen (secondary N) is 1. The molecule has 0 amide bonds. The van der Waals surface area contributed by atoms with Gasteiger partial charge in [-0.25, -0.2) is 4.98 Å². The molecule has 0 spiro atoms. The number of rotatable bonds is 1. The van der Waals surface area contributed by atoms with E-state index in [-0.39, 0.29) is 5.56 Å². The molecule has 106 valence electrons. The van der Waals surface area contributed by atoms with Crippen molar-refractivity contribution >= 4 is 21.8 Å². The van der Waals surface area contributed by atoms with Gasteiger partial charge in [-0.3, -0.25) is 4.79 Å². The summed E-state index contributed by atoms with van der Waals surface area (Å²) in [5, 5.41) is 2.62. The molecule has 1 N–H and O–H groups in total. The smallest absolute Gasteiger partial charge is 0.257 e. The number of nitrogens with zero attached hydrogens (tertiary/aromatic N) is 1. The number of fused-ring (bicyclic) bond motifs is 3. The monoisotopic (exact) mass is 286 g/mol. The predicted octanol–water partition coefficient (Wildman–Crippen LogP) is 4.05. The van der Waals surface area contributed by atoms with Gasteiger partial charge in [0.1, 0.15) is 5.65 Å². The van der Waals surface area contributed by atoms with E-state index in [1.54, 1.807) is 6.20 Å². The third-order valence-corrected chi connectivity index (χ3v) is 3.95. The van der Waals surface area contributed by atoms with Gasteiger partial charge in [-0.1, -0.05) is 48.0 Å². The van der Waals surface area contributed by atoms with E-state index in [0.717, 1.165) is 21.9 Å². The lowest BCUT2D eigenvalue weighted by Gasteiger charge is -2.09. The Morgan fingerprint density at radius 2 is 1.77 bits per heavy atom. The standard InChI is InChI=1S/C19H14N2O/c1-12-5-4-6-13(11-12)14-9-10-20-18-17(14)15-7-2-3-8-16(15)19(22)21-18/h2-11H,1H3,(H,20,21,22). The second-order valence-corrected chi connectivity index (χ2v) is 5.45. The molecule has 0 saturated carbocycles. The van der Waals surface area contributed by atoms with Crippen molar-refractivity contribution < 1.29 is 0 Å². The maximum absolute atomic E-state index is 12.2. The fourth-order valence-corrected chi connectivity index (χ4v) is 2.96. The molecule has 2 heterocycles. The van der Waals surface area contributed by atoms with Crippen molar-refractivity contribution in [1.82, 2.24) is 9.97 Å². The first-order chi connectivity index (χ1) is 10.7. The molecular formula is C19H14N2O. The average molecular weight is 286 g/mol. The number of hydrogen-bond donors (Lipinski definition) is 1. The molecule has 2 aromatic heterocycles. The molecule has 0 unspecified atom stereocenters. The van der Waals surface area contributed by atoms with Gasteiger partial charge in [0.25, 0.3) is 5.56 Å². The summed E-state index contributed by atoms with van der Waals surface area (Å²) in [4.78, 5) is 19.4. The van der Waals surface area contributed by atoms with Crippen LogP contribution in [-0.4, -0.2) is 9.97 Å². The number of pyridine rings is 2. The highest BCUT2D eigenvalue weighted by Crippen LogP contribution is 2.31. The number of aryl methyl sites for hydroxylation is 1. The molecule has 0 bridgehead atoms. The zero-order chi connectivity index (χ0) is 15.1. The first-order valence-electron chi connectivity index (χ1n) is 7.21. The number of hydrogen-bond acceptors (Lipinski definition) is 2. The second kappa shape index (κ2) is 4.81. The highest BCUT2D eigenvalue weighted by molar-refractivity contribution is 6.11. The molecule has 22 heavy (non-hydrogen) atoms. The van der Waals surface area contributed by atoms with Gasteiger partial charge in [-0.15, -0.1) is 0 Å². The minimum atomic E-state index is -0.100. The summed E-state index contributed by atoms with van der Waals surface area (Å²) in [7, 11) is 0. The zero-order valence-electron chi connectivity index (χ0n) is 12.1. The lowest BCUT2D eigenvalue weighted by Crippen LogP contribution is -2.07. The molecule has 0 atom stereocenters. The Bertz CT molecular complexity index is 1060. The summed E-state index contributed by atoms with van der Waals surface area (Å²) in [6.45, 7) is 2.08. The Hall–Kier alpha value is -2.94. The SMILES string of the molecule is Cc1cccc(-c2ccnc3[nH]c(=O)c4ccccc4c23)c1. The maximum Gasteiger partial charge on any atom is 0.257 e. The normalized spacial score (nSPS) is 11.1. The van der Waals surface area contributed by atoms with Crippen molar-refractivity contribution in [3.8, 4) is 11.1 Å². The van der Waals surface area contributed by atoms with E-state index in [0.29, 0.717) is 11.0 Å². The molecule has 3 nitrogen and oxygen atoms in total. The third-order valence-electron chi connectivity index (χ3n) is 3.95. The number of aromatic nitrogens is 2. The van der Waals surface area contributed by atoms with Crippen molar-refractivity contribution in [2.24, 2.45) is 0 Å². The van der Waals surface area contributed by atoms with Crippen LogP contribution in [0, 0.1) is 6.92 Å². The van der Waals surface area contributed by atoms with Gasteiger partial charge in [0.15, 0.2) is 0 Å². The summed E-state index contributed by atoms with van der Waals surface area (Å²) in [5.74, 6) is 0. The Kier molecular flexibility index (Phi) is 2.79. The van der Waals surface area contributed by atoms with Crippen LogP contribution in [-0.2, 0) is 0 Å². The van der Waals surface area contributed by atoms with Crippen molar-refractivity contribution in [2.45, 2.75) is 6.92 Å². The topological polar surface area (TPSA) is 45.8 Å². The van der Waals surface area contributed by atoms with Gasteiger partial charge in [-0.05, 0) is 35.6 Å².